The molecule has 0 saturated carbocycles. The van der Waals surface area contributed by atoms with Crippen molar-refractivity contribution in [3.63, 3.8) is 0 Å². The zero-order chi connectivity index (χ0) is 12.3. The van der Waals surface area contributed by atoms with Crippen molar-refractivity contribution in [3.8, 4) is 0 Å². The van der Waals surface area contributed by atoms with Gasteiger partial charge in [0, 0.05) is 31.0 Å². The Kier molecular flexibility index (Phi) is 3.82. The zero-order valence-electron chi connectivity index (χ0n) is 9.58. The second kappa shape index (κ2) is 4.75. The third-order valence-corrected chi connectivity index (χ3v) is 3.46. The monoisotopic (exact) mass is 244 g/mol. The Balaban J connectivity index is 2.96. The third-order valence-electron chi connectivity index (χ3n) is 2.31. The topological polar surface area (TPSA) is 89.2 Å². The average molecular weight is 244 g/mol. The fourth-order valence-electron chi connectivity index (χ4n) is 1.07. The summed E-state index contributed by atoms with van der Waals surface area (Å²) < 4.78 is 23.5. The van der Waals surface area contributed by atoms with E-state index in [1.807, 2.05) is 6.92 Å². The van der Waals surface area contributed by atoms with Gasteiger partial charge in [0.25, 0.3) is 0 Å². The standard InChI is InChI=1S/C9H16N4O2S/c1-4-8(10)7-5-11-9(12-6-7)13(2)16(3,14)15/h5-6,8H,4,10H2,1-3H3. The molecule has 0 aliphatic carbocycles. The molecule has 1 aromatic heterocycles. The van der Waals surface area contributed by atoms with Gasteiger partial charge < -0.3 is 5.73 Å². The highest BCUT2D eigenvalue weighted by Crippen LogP contribution is 2.14. The van der Waals surface area contributed by atoms with Crippen LogP contribution in [0.5, 0.6) is 0 Å². The molecular weight excluding hydrogens is 228 g/mol. The quantitative estimate of drug-likeness (QED) is 0.821. The molecule has 90 valence electrons. The van der Waals surface area contributed by atoms with Crippen LogP contribution in [0.4, 0.5) is 5.95 Å². The molecule has 1 heterocycles. The number of nitrogens with two attached hydrogens (primary N) is 1. The first-order chi connectivity index (χ1) is 7.36. The first kappa shape index (κ1) is 12.9. The number of hydrogen-bond acceptors (Lipinski definition) is 5. The molecule has 1 rings (SSSR count). The van der Waals surface area contributed by atoms with E-state index in [0.717, 1.165) is 22.5 Å². The summed E-state index contributed by atoms with van der Waals surface area (Å²) in [4.78, 5) is 7.94. The second-order valence-corrected chi connectivity index (χ2v) is 5.58. The number of rotatable bonds is 4. The van der Waals surface area contributed by atoms with Crippen LogP contribution in [0, 0.1) is 0 Å². The van der Waals surface area contributed by atoms with Crippen LogP contribution < -0.4 is 10.0 Å². The Labute approximate surface area is 95.6 Å². The summed E-state index contributed by atoms with van der Waals surface area (Å²) in [5.74, 6) is 0.148. The molecular formula is C9H16N4O2S. The predicted octanol–water partition coefficient (Wildman–Crippen LogP) is 0.282. The minimum Gasteiger partial charge on any atom is -0.324 e. The first-order valence-corrected chi connectivity index (χ1v) is 6.72. The Morgan fingerprint density at radius 1 is 1.44 bits per heavy atom. The van der Waals surface area contributed by atoms with E-state index in [9.17, 15) is 8.42 Å². The minimum atomic E-state index is -3.32. The highest BCUT2D eigenvalue weighted by Gasteiger charge is 2.15. The van der Waals surface area contributed by atoms with Crippen LogP contribution in [-0.2, 0) is 10.0 Å². The molecule has 2 N–H and O–H groups in total. The van der Waals surface area contributed by atoms with Gasteiger partial charge in [0.15, 0.2) is 0 Å². The average Bonchev–Trinajstić information content (AvgIpc) is 2.26. The van der Waals surface area contributed by atoms with Crippen LogP contribution in [0.1, 0.15) is 24.9 Å². The minimum absolute atomic E-state index is 0.113. The lowest BCUT2D eigenvalue weighted by molar-refractivity contribution is 0.599. The zero-order valence-corrected chi connectivity index (χ0v) is 10.4. The van der Waals surface area contributed by atoms with Gasteiger partial charge in [-0.2, -0.15) is 0 Å². The maximum atomic E-state index is 11.2. The molecule has 0 radical (unpaired) electrons. The summed E-state index contributed by atoms with van der Waals surface area (Å²) in [5, 5.41) is 0. The first-order valence-electron chi connectivity index (χ1n) is 4.87. The molecule has 0 fully saturated rings. The number of sulfonamides is 1. The SMILES string of the molecule is CCC(N)c1cnc(N(C)S(C)(=O)=O)nc1. The normalized spacial score (nSPS) is 13.5. The molecule has 1 aromatic rings. The highest BCUT2D eigenvalue weighted by atomic mass is 32.2. The summed E-state index contributed by atoms with van der Waals surface area (Å²) in [6.07, 6.45) is 4.99. The molecule has 1 unspecified atom stereocenters. The maximum Gasteiger partial charge on any atom is 0.238 e. The van der Waals surface area contributed by atoms with Crippen molar-refractivity contribution in [1.29, 1.82) is 0 Å². The van der Waals surface area contributed by atoms with Crippen molar-refractivity contribution in [2.75, 3.05) is 17.6 Å². The Morgan fingerprint density at radius 3 is 2.31 bits per heavy atom. The second-order valence-electron chi connectivity index (χ2n) is 3.56. The van der Waals surface area contributed by atoms with Gasteiger partial charge in [0.2, 0.25) is 16.0 Å². The molecule has 0 amide bonds. The molecule has 0 bridgehead atoms. The fourth-order valence-corrected chi connectivity index (χ4v) is 1.46. The summed E-state index contributed by atoms with van der Waals surface area (Å²) in [6.45, 7) is 1.96. The predicted molar refractivity (Wildman–Crippen MR) is 62.5 cm³/mol. The number of aromatic nitrogens is 2. The van der Waals surface area contributed by atoms with Crippen molar-refractivity contribution in [1.82, 2.24) is 9.97 Å². The van der Waals surface area contributed by atoms with Crippen LogP contribution in [0.2, 0.25) is 0 Å². The Bertz CT molecular complexity index is 443. The van der Waals surface area contributed by atoms with Gasteiger partial charge in [-0.25, -0.2) is 22.7 Å². The maximum absolute atomic E-state index is 11.2. The van der Waals surface area contributed by atoms with Gasteiger partial charge >= 0.3 is 0 Å². The molecule has 16 heavy (non-hydrogen) atoms. The van der Waals surface area contributed by atoms with Crippen molar-refractivity contribution in [2.45, 2.75) is 19.4 Å². The third kappa shape index (κ3) is 2.89. The van der Waals surface area contributed by atoms with E-state index in [2.05, 4.69) is 9.97 Å². The van der Waals surface area contributed by atoms with Crippen LogP contribution in [0.15, 0.2) is 12.4 Å². The molecule has 0 aliphatic heterocycles. The smallest absolute Gasteiger partial charge is 0.238 e. The van der Waals surface area contributed by atoms with Crippen molar-refractivity contribution in [2.24, 2.45) is 5.73 Å². The molecule has 0 spiro atoms. The number of hydrogen-bond donors (Lipinski definition) is 1. The van der Waals surface area contributed by atoms with Gasteiger partial charge in [-0.3, -0.25) is 0 Å². The number of anilines is 1. The molecule has 1 atom stereocenters. The van der Waals surface area contributed by atoms with E-state index in [4.69, 9.17) is 5.73 Å². The van der Waals surface area contributed by atoms with E-state index >= 15 is 0 Å². The lowest BCUT2D eigenvalue weighted by Crippen LogP contribution is -2.26. The van der Waals surface area contributed by atoms with E-state index in [1.54, 1.807) is 12.4 Å². The van der Waals surface area contributed by atoms with Crippen LogP contribution in [-0.4, -0.2) is 31.7 Å². The van der Waals surface area contributed by atoms with E-state index in [1.165, 1.54) is 7.05 Å². The summed E-state index contributed by atoms with van der Waals surface area (Å²) in [6, 6.07) is -0.113. The summed E-state index contributed by atoms with van der Waals surface area (Å²) >= 11 is 0. The lowest BCUT2D eigenvalue weighted by Gasteiger charge is -2.15. The van der Waals surface area contributed by atoms with Gasteiger partial charge in [-0.1, -0.05) is 6.92 Å². The van der Waals surface area contributed by atoms with Gasteiger partial charge in [-0.05, 0) is 6.42 Å². The van der Waals surface area contributed by atoms with Crippen LogP contribution in [0.25, 0.3) is 0 Å². The van der Waals surface area contributed by atoms with Crippen molar-refractivity contribution >= 4 is 16.0 Å². The van der Waals surface area contributed by atoms with Crippen molar-refractivity contribution < 1.29 is 8.42 Å². The summed E-state index contributed by atoms with van der Waals surface area (Å²) in [5.41, 5.74) is 6.59. The van der Waals surface area contributed by atoms with Crippen LogP contribution >= 0.6 is 0 Å². The Hall–Kier alpha value is -1.21. The lowest BCUT2D eigenvalue weighted by atomic mass is 10.1. The molecule has 7 heteroatoms. The largest absolute Gasteiger partial charge is 0.324 e. The van der Waals surface area contributed by atoms with E-state index < -0.39 is 10.0 Å². The van der Waals surface area contributed by atoms with E-state index in [-0.39, 0.29) is 12.0 Å². The summed E-state index contributed by atoms with van der Waals surface area (Å²) in [7, 11) is -1.91. The van der Waals surface area contributed by atoms with Crippen molar-refractivity contribution in [3.05, 3.63) is 18.0 Å². The fraction of sp³-hybridized carbons (Fsp3) is 0.556. The van der Waals surface area contributed by atoms with Gasteiger partial charge in [0.05, 0.1) is 6.26 Å². The number of nitrogens with zero attached hydrogens (tertiary/aromatic N) is 3. The van der Waals surface area contributed by atoms with Crippen LogP contribution in [0.3, 0.4) is 0 Å². The highest BCUT2D eigenvalue weighted by molar-refractivity contribution is 7.92. The van der Waals surface area contributed by atoms with E-state index in [0.29, 0.717) is 0 Å². The van der Waals surface area contributed by atoms with Gasteiger partial charge in [0.1, 0.15) is 0 Å². The van der Waals surface area contributed by atoms with Gasteiger partial charge in [-0.15, -0.1) is 0 Å². The molecule has 0 aromatic carbocycles. The molecule has 0 saturated heterocycles. The molecule has 6 nitrogen and oxygen atoms in total. The molecule has 0 aliphatic rings. The Morgan fingerprint density at radius 2 is 1.94 bits per heavy atom.